The maximum absolute atomic E-state index is 4.51. The van der Waals surface area contributed by atoms with E-state index in [9.17, 15) is 0 Å². The number of nitrogens with one attached hydrogen (secondary N) is 2. The van der Waals surface area contributed by atoms with Gasteiger partial charge in [0.1, 0.15) is 6.33 Å². The normalized spacial score (nSPS) is 14.8. The molecule has 2 aromatic rings. The number of nitrogens with zero attached hydrogens (tertiary/aromatic N) is 6. The van der Waals surface area contributed by atoms with Crippen molar-refractivity contribution in [3.63, 3.8) is 0 Å². The summed E-state index contributed by atoms with van der Waals surface area (Å²) in [5.41, 5.74) is 0. The zero-order chi connectivity index (χ0) is 13.8. The summed E-state index contributed by atoms with van der Waals surface area (Å²) in [5.74, 6) is 1.34. The van der Waals surface area contributed by atoms with E-state index in [4.69, 9.17) is 0 Å². The standard InChI is InChI=1S/C11H16N8S/c1-2-12-8-15-9(19-5-3-4-6-19)17-11(16-8)20-10-13-7-14-18-10/h7H,2-6H2,1H3,(H,13,14,18)(H,12,15,16,17). The van der Waals surface area contributed by atoms with Crippen LogP contribution in [0.2, 0.25) is 0 Å². The van der Waals surface area contributed by atoms with Gasteiger partial charge in [0.05, 0.1) is 0 Å². The molecule has 0 amide bonds. The molecule has 0 aliphatic carbocycles. The van der Waals surface area contributed by atoms with E-state index in [1.807, 2.05) is 6.92 Å². The predicted molar refractivity (Wildman–Crippen MR) is 75.9 cm³/mol. The summed E-state index contributed by atoms with van der Waals surface area (Å²) in [5, 5.41) is 11.1. The third-order valence-corrected chi connectivity index (χ3v) is 3.66. The first kappa shape index (κ1) is 13.1. The zero-order valence-corrected chi connectivity index (χ0v) is 12.0. The van der Waals surface area contributed by atoms with E-state index in [-0.39, 0.29) is 0 Å². The lowest BCUT2D eigenvalue weighted by atomic mass is 10.4. The minimum Gasteiger partial charge on any atom is -0.354 e. The van der Waals surface area contributed by atoms with Crippen LogP contribution in [0.25, 0.3) is 0 Å². The van der Waals surface area contributed by atoms with Crippen LogP contribution < -0.4 is 10.2 Å². The minimum atomic E-state index is 0.603. The van der Waals surface area contributed by atoms with E-state index in [0.717, 1.165) is 25.6 Å². The van der Waals surface area contributed by atoms with Crippen LogP contribution in [-0.2, 0) is 0 Å². The van der Waals surface area contributed by atoms with Gasteiger partial charge in [0.2, 0.25) is 17.1 Å². The first-order chi connectivity index (χ1) is 9.85. The Morgan fingerprint density at radius 3 is 2.85 bits per heavy atom. The van der Waals surface area contributed by atoms with Gasteiger partial charge in [0.25, 0.3) is 0 Å². The lowest BCUT2D eigenvalue weighted by Gasteiger charge is -2.16. The zero-order valence-electron chi connectivity index (χ0n) is 11.2. The molecule has 1 saturated heterocycles. The highest BCUT2D eigenvalue weighted by molar-refractivity contribution is 7.99. The molecule has 2 N–H and O–H groups in total. The van der Waals surface area contributed by atoms with Gasteiger partial charge in [-0.05, 0) is 31.5 Å². The van der Waals surface area contributed by atoms with Crippen molar-refractivity contribution in [1.29, 1.82) is 0 Å². The van der Waals surface area contributed by atoms with E-state index in [1.165, 1.54) is 30.9 Å². The van der Waals surface area contributed by atoms with E-state index in [0.29, 0.717) is 16.3 Å². The molecule has 1 fully saturated rings. The molecule has 0 unspecified atom stereocenters. The SMILES string of the molecule is CCNc1nc(Sc2ncn[nH]2)nc(N2CCCC2)n1. The van der Waals surface area contributed by atoms with Crippen LogP contribution >= 0.6 is 11.8 Å². The van der Waals surface area contributed by atoms with Gasteiger partial charge in [-0.1, -0.05) is 0 Å². The summed E-state index contributed by atoms with van der Waals surface area (Å²) in [6.45, 7) is 4.79. The van der Waals surface area contributed by atoms with Crippen molar-refractivity contribution >= 4 is 23.7 Å². The first-order valence-electron chi connectivity index (χ1n) is 6.63. The van der Waals surface area contributed by atoms with E-state index >= 15 is 0 Å². The summed E-state index contributed by atoms with van der Waals surface area (Å²) < 4.78 is 0. The number of H-pyrrole nitrogens is 1. The molecule has 1 aliphatic heterocycles. The smallest absolute Gasteiger partial charge is 0.231 e. The van der Waals surface area contributed by atoms with Gasteiger partial charge in [-0.25, -0.2) is 4.98 Å². The Kier molecular flexibility index (Phi) is 3.95. The lowest BCUT2D eigenvalue weighted by Crippen LogP contribution is -2.21. The number of anilines is 2. The summed E-state index contributed by atoms with van der Waals surface area (Å²) in [4.78, 5) is 19.6. The maximum Gasteiger partial charge on any atom is 0.231 e. The molecule has 3 rings (SSSR count). The fourth-order valence-electron chi connectivity index (χ4n) is 2.02. The van der Waals surface area contributed by atoms with Crippen LogP contribution in [-0.4, -0.2) is 49.8 Å². The minimum absolute atomic E-state index is 0.603. The average Bonchev–Trinajstić information content (AvgIpc) is 3.11. The molecule has 3 heterocycles. The molecule has 0 atom stereocenters. The molecular weight excluding hydrogens is 276 g/mol. The van der Waals surface area contributed by atoms with Gasteiger partial charge < -0.3 is 10.2 Å². The quantitative estimate of drug-likeness (QED) is 0.848. The summed E-state index contributed by atoms with van der Waals surface area (Å²) in [7, 11) is 0. The van der Waals surface area contributed by atoms with Gasteiger partial charge in [-0.3, -0.25) is 5.10 Å². The molecular formula is C11H16N8S. The molecule has 2 aromatic heterocycles. The molecule has 0 aromatic carbocycles. The van der Waals surface area contributed by atoms with Crippen molar-refractivity contribution < 1.29 is 0 Å². The molecule has 0 radical (unpaired) electrons. The molecule has 8 nitrogen and oxygen atoms in total. The maximum atomic E-state index is 4.51. The highest BCUT2D eigenvalue weighted by Crippen LogP contribution is 2.24. The Morgan fingerprint density at radius 1 is 1.30 bits per heavy atom. The van der Waals surface area contributed by atoms with Crippen molar-refractivity contribution in [1.82, 2.24) is 30.1 Å². The van der Waals surface area contributed by atoms with Gasteiger partial charge in [0, 0.05) is 19.6 Å². The molecule has 1 aliphatic rings. The Bertz CT molecular complexity index is 552. The monoisotopic (exact) mass is 292 g/mol. The van der Waals surface area contributed by atoms with E-state index in [2.05, 4.69) is 40.3 Å². The lowest BCUT2D eigenvalue weighted by molar-refractivity contribution is 0.823. The van der Waals surface area contributed by atoms with Crippen molar-refractivity contribution in [2.45, 2.75) is 30.1 Å². The molecule has 0 saturated carbocycles. The molecule has 0 spiro atoms. The van der Waals surface area contributed by atoms with Gasteiger partial charge in [-0.15, -0.1) is 0 Å². The number of aromatic nitrogens is 6. The van der Waals surface area contributed by atoms with Crippen LogP contribution in [0.15, 0.2) is 16.6 Å². The average molecular weight is 292 g/mol. The van der Waals surface area contributed by atoms with Crippen LogP contribution in [0.4, 0.5) is 11.9 Å². The number of rotatable bonds is 5. The number of aromatic amines is 1. The molecule has 20 heavy (non-hydrogen) atoms. The van der Waals surface area contributed by atoms with Crippen molar-refractivity contribution in [2.75, 3.05) is 29.9 Å². The van der Waals surface area contributed by atoms with Crippen LogP contribution in [0, 0.1) is 0 Å². The number of hydrogen-bond acceptors (Lipinski definition) is 8. The Balaban J connectivity index is 1.87. The summed E-state index contributed by atoms with van der Waals surface area (Å²) >= 11 is 1.35. The molecule has 106 valence electrons. The van der Waals surface area contributed by atoms with Crippen molar-refractivity contribution in [3.8, 4) is 0 Å². The Labute approximate surface area is 120 Å². The van der Waals surface area contributed by atoms with Gasteiger partial charge in [-0.2, -0.15) is 20.1 Å². The topological polar surface area (TPSA) is 95.5 Å². The van der Waals surface area contributed by atoms with Crippen LogP contribution in [0.1, 0.15) is 19.8 Å². The largest absolute Gasteiger partial charge is 0.354 e. The highest BCUT2D eigenvalue weighted by Gasteiger charge is 2.18. The van der Waals surface area contributed by atoms with E-state index in [1.54, 1.807) is 0 Å². The van der Waals surface area contributed by atoms with Crippen LogP contribution in [0.5, 0.6) is 0 Å². The first-order valence-corrected chi connectivity index (χ1v) is 7.45. The van der Waals surface area contributed by atoms with Crippen molar-refractivity contribution in [3.05, 3.63) is 6.33 Å². The van der Waals surface area contributed by atoms with Crippen molar-refractivity contribution in [2.24, 2.45) is 0 Å². The second kappa shape index (κ2) is 6.04. The molecule has 0 bridgehead atoms. The Hall–Kier alpha value is -1.90. The second-order valence-electron chi connectivity index (χ2n) is 4.36. The fraction of sp³-hybridized carbons (Fsp3) is 0.545. The third kappa shape index (κ3) is 2.98. The predicted octanol–water partition coefficient (Wildman–Crippen LogP) is 1.17. The Morgan fingerprint density at radius 2 is 2.15 bits per heavy atom. The fourth-order valence-corrected chi connectivity index (χ4v) is 2.65. The summed E-state index contributed by atoms with van der Waals surface area (Å²) in [6, 6.07) is 0. The third-order valence-electron chi connectivity index (χ3n) is 2.91. The van der Waals surface area contributed by atoms with E-state index < -0.39 is 0 Å². The number of hydrogen-bond donors (Lipinski definition) is 2. The van der Waals surface area contributed by atoms with Gasteiger partial charge in [0.15, 0.2) is 5.16 Å². The molecule has 9 heteroatoms. The highest BCUT2D eigenvalue weighted by atomic mass is 32.2. The van der Waals surface area contributed by atoms with Gasteiger partial charge >= 0.3 is 0 Å². The summed E-state index contributed by atoms with van der Waals surface area (Å²) in [6.07, 6.45) is 3.84. The second-order valence-corrected chi connectivity index (χ2v) is 5.31. The van der Waals surface area contributed by atoms with Crippen LogP contribution in [0.3, 0.4) is 0 Å².